The summed E-state index contributed by atoms with van der Waals surface area (Å²) >= 11 is 0. The first-order chi connectivity index (χ1) is 3.41. The van der Waals surface area contributed by atoms with Crippen LogP contribution in [0.5, 0.6) is 0 Å². The van der Waals surface area contributed by atoms with E-state index in [1.54, 1.807) is 6.61 Å². The minimum absolute atomic E-state index is 0.681. The lowest BCUT2D eigenvalue weighted by molar-refractivity contribution is 0.209. The SMILES string of the molecule is CCO[CH]CCN. The number of rotatable bonds is 4. The fraction of sp³-hybridized carbons (Fsp3) is 0.800. The molecule has 0 aromatic carbocycles. The van der Waals surface area contributed by atoms with Gasteiger partial charge in [0.2, 0.25) is 0 Å². The third-order valence-electron chi connectivity index (χ3n) is 0.569. The first-order valence-corrected chi connectivity index (χ1v) is 2.55. The molecule has 0 saturated carbocycles. The minimum Gasteiger partial charge on any atom is -0.376 e. The second kappa shape index (κ2) is 5.92. The second-order valence-corrected chi connectivity index (χ2v) is 1.20. The number of nitrogens with two attached hydrogens (primary N) is 1. The summed E-state index contributed by atoms with van der Waals surface area (Å²) in [7, 11) is 0. The summed E-state index contributed by atoms with van der Waals surface area (Å²) in [5.41, 5.74) is 5.16. The number of hydrogen-bond donors (Lipinski definition) is 1. The monoisotopic (exact) mass is 102 g/mol. The van der Waals surface area contributed by atoms with E-state index in [4.69, 9.17) is 10.5 Å². The highest BCUT2D eigenvalue weighted by atomic mass is 16.5. The van der Waals surface area contributed by atoms with E-state index in [-0.39, 0.29) is 0 Å². The van der Waals surface area contributed by atoms with E-state index in [1.807, 2.05) is 6.92 Å². The summed E-state index contributed by atoms with van der Waals surface area (Å²) in [6.45, 7) is 5.12. The van der Waals surface area contributed by atoms with Crippen LogP contribution in [0.4, 0.5) is 0 Å². The molecule has 0 aliphatic rings. The van der Waals surface area contributed by atoms with Gasteiger partial charge in [0.25, 0.3) is 0 Å². The van der Waals surface area contributed by atoms with Crippen LogP contribution in [0.25, 0.3) is 0 Å². The van der Waals surface area contributed by atoms with E-state index < -0.39 is 0 Å². The van der Waals surface area contributed by atoms with Crippen LogP contribution in [-0.4, -0.2) is 13.2 Å². The maximum Gasteiger partial charge on any atom is 0.0849 e. The Bertz CT molecular complexity index is 27.3. The quantitative estimate of drug-likeness (QED) is 0.525. The molecule has 2 N–H and O–H groups in total. The molecule has 0 aliphatic heterocycles. The Morgan fingerprint density at radius 3 is 2.86 bits per heavy atom. The van der Waals surface area contributed by atoms with Crippen LogP contribution >= 0.6 is 0 Å². The second-order valence-electron chi connectivity index (χ2n) is 1.20. The van der Waals surface area contributed by atoms with Crippen LogP contribution < -0.4 is 5.73 Å². The van der Waals surface area contributed by atoms with Crippen LogP contribution in [0.3, 0.4) is 0 Å². The Kier molecular flexibility index (Phi) is 5.85. The van der Waals surface area contributed by atoms with Crippen LogP contribution in [0.1, 0.15) is 13.3 Å². The van der Waals surface area contributed by atoms with E-state index >= 15 is 0 Å². The molecule has 0 saturated heterocycles. The van der Waals surface area contributed by atoms with E-state index in [1.165, 1.54) is 0 Å². The molecule has 0 spiro atoms. The fourth-order valence-corrected chi connectivity index (χ4v) is 0.269. The van der Waals surface area contributed by atoms with Gasteiger partial charge >= 0.3 is 0 Å². The molecular weight excluding hydrogens is 90.1 g/mol. The summed E-state index contributed by atoms with van der Waals surface area (Å²) in [5, 5.41) is 0. The number of hydrogen-bond acceptors (Lipinski definition) is 2. The Balaban J connectivity index is 2.45. The molecule has 0 fully saturated rings. The first-order valence-electron chi connectivity index (χ1n) is 2.55. The first kappa shape index (κ1) is 6.92. The molecule has 2 heteroatoms. The van der Waals surface area contributed by atoms with Crippen LogP contribution in [0.2, 0.25) is 0 Å². The Morgan fingerprint density at radius 2 is 2.43 bits per heavy atom. The van der Waals surface area contributed by atoms with Gasteiger partial charge in [0.05, 0.1) is 6.61 Å². The summed E-state index contributed by atoms with van der Waals surface area (Å²) in [4.78, 5) is 0. The van der Waals surface area contributed by atoms with Crippen LogP contribution in [-0.2, 0) is 4.74 Å². The predicted octanol–water partition coefficient (Wildman–Crippen LogP) is 0.533. The zero-order chi connectivity index (χ0) is 5.54. The van der Waals surface area contributed by atoms with Crippen molar-refractivity contribution in [2.24, 2.45) is 5.73 Å². The lowest BCUT2D eigenvalue weighted by Gasteiger charge is -1.93. The van der Waals surface area contributed by atoms with Gasteiger partial charge in [-0.05, 0) is 19.9 Å². The largest absolute Gasteiger partial charge is 0.376 e. The topological polar surface area (TPSA) is 35.2 Å². The van der Waals surface area contributed by atoms with E-state index in [0.717, 1.165) is 13.0 Å². The maximum atomic E-state index is 5.16. The highest BCUT2D eigenvalue weighted by molar-refractivity contribution is 4.48. The molecule has 0 aromatic rings. The van der Waals surface area contributed by atoms with Gasteiger partial charge in [-0.15, -0.1) is 0 Å². The van der Waals surface area contributed by atoms with Crippen LogP contribution in [0.15, 0.2) is 0 Å². The van der Waals surface area contributed by atoms with Gasteiger partial charge < -0.3 is 10.5 Å². The van der Waals surface area contributed by atoms with Gasteiger partial charge in [-0.3, -0.25) is 0 Å². The highest BCUT2D eigenvalue weighted by Crippen LogP contribution is 1.83. The van der Waals surface area contributed by atoms with Crippen molar-refractivity contribution in [3.05, 3.63) is 6.61 Å². The summed E-state index contributed by atoms with van der Waals surface area (Å²) in [6.07, 6.45) is 0.855. The zero-order valence-electron chi connectivity index (χ0n) is 4.68. The molecular formula is C5H12NO. The average Bonchev–Trinajstić information content (AvgIpc) is 1.69. The molecule has 43 valence electrons. The maximum absolute atomic E-state index is 5.16. The Hall–Kier alpha value is -0.0800. The Morgan fingerprint density at radius 1 is 1.71 bits per heavy atom. The van der Waals surface area contributed by atoms with Crippen molar-refractivity contribution in [3.8, 4) is 0 Å². The normalized spacial score (nSPS) is 9.43. The fourth-order valence-electron chi connectivity index (χ4n) is 0.269. The molecule has 0 bridgehead atoms. The molecule has 0 heterocycles. The van der Waals surface area contributed by atoms with E-state index in [2.05, 4.69) is 0 Å². The third-order valence-corrected chi connectivity index (χ3v) is 0.569. The predicted molar refractivity (Wildman–Crippen MR) is 29.6 cm³/mol. The van der Waals surface area contributed by atoms with Gasteiger partial charge in [-0.2, -0.15) is 0 Å². The zero-order valence-corrected chi connectivity index (χ0v) is 4.68. The average molecular weight is 102 g/mol. The Labute approximate surface area is 44.7 Å². The van der Waals surface area contributed by atoms with Gasteiger partial charge in [0, 0.05) is 6.61 Å². The molecule has 0 atom stereocenters. The molecule has 0 rings (SSSR count). The third kappa shape index (κ3) is 5.92. The molecule has 1 radical (unpaired) electrons. The highest BCUT2D eigenvalue weighted by Gasteiger charge is 1.79. The van der Waals surface area contributed by atoms with Gasteiger partial charge in [-0.25, -0.2) is 0 Å². The lowest BCUT2D eigenvalue weighted by atomic mass is 10.5. The summed E-state index contributed by atoms with van der Waals surface area (Å²) < 4.78 is 4.87. The smallest absolute Gasteiger partial charge is 0.0849 e. The number of ether oxygens (including phenoxy) is 1. The van der Waals surface area contributed by atoms with E-state index in [9.17, 15) is 0 Å². The molecule has 0 unspecified atom stereocenters. The molecule has 0 amide bonds. The van der Waals surface area contributed by atoms with Crippen molar-refractivity contribution in [2.45, 2.75) is 13.3 Å². The minimum atomic E-state index is 0.681. The van der Waals surface area contributed by atoms with Gasteiger partial charge in [-0.1, -0.05) is 0 Å². The molecule has 0 aromatic heterocycles. The van der Waals surface area contributed by atoms with Gasteiger partial charge in [0.15, 0.2) is 0 Å². The molecule has 0 aliphatic carbocycles. The summed E-state index contributed by atoms with van der Waals surface area (Å²) in [5.74, 6) is 0. The summed E-state index contributed by atoms with van der Waals surface area (Å²) in [6, 6.07) is 0. The van der Waals surface area contributed by atoms with Crippen molar-refractivity contribution in [2.75, 3.05) is 13.2 Å². The molecule has 2 nitrogen and oxygen atoms in total. The van der Waals surface area contributed by atoms with Crippen LogP contribution in [0, 0.1) is 6.61 Å². The van der Waals surface area contributed by atoms with Crippen molar-refractivity contribution in [3.63, 3.8) is 0 Å². The molecule has 7 heavy (non-hydrogen) atoms. The van der Waals surface area contributed by atoms with Crippen molar-refractivity contribution < 1.29 is 4.74 Å². The van der Waals surface area contributed by atoms with Gasteiger partial charge in [0.1, 0.15) is 0 Å². The van der Waals surface area contributed by atoms with Crippen molar-refractivity contribution >= 4 is 0 Å². The van der Waals surface area contributed by atoms with Crippen molar-refractivity contribution in [1.82, 2.24) is 0 Å². The van der Waals surface area contributed by atoms with Crippen molar-refractivity contribution in [1.29, 1.82) is 0 Å². The standard InChI is InChI=1S/C5H12NO/c1-2-7-5-3-4-6/h5H,2-4,6H2,1H3. The van der Waals surface area contributed by atoms with E-state index in [0.29, 0.717) is 6.54 Å². The lowest BCUT2D eigenvalue weighted by Crippen LogP contribution is -1.99.